The lowest BCUT2D eigenvalue weighted by atomic mass is 9.52. The van der Waals surface area contributed by atoms with Crippen LogP contribution in [0.1, 0.15) is 42.5 Å². The van der Waals surface area contributed by atoms with E-state index in [1.807, 2.05) is 0 Å². The first-order valence-corrected chi connectivity index (χ1v) is 13.6. The number of nitrogens with zero attached hydrogens (tertiary/aromatic N) is 4. The molecule has 3 unspecified atom stereocenters. The number of benzene rings is 1. The summed E-state index contributed by atoms with van der Waals surface area (Å²) in [6, 6.07) is 8.43. The van der Waals surface area contributed by atoms with Gasteiger partial charge in [0, 0.05) is 54.9 Å². The highest BCUT2D eigenvalue weighted by Crippen LogP contribution is 2.56. The molecule has 5 fully saturated rings. The minimum Gasteiger partial charge on any atom is -0.393 e. The van der Waals surface area contributed by atoms with Gasteiger partial charge in [-0.15, -0.1) is 0 Å². The van der Waals surface area contributed by atoms with Crippen LogP contribution in [0.5, 0.6) is 0 Å². The molecule has 4 saturated carbocycles. The molecule has 1 aliphatic heterocycles. The maximum absolute atomic E-state index is 11.8. The molecule has 1 saturated heterocycles. The second-order valence-electron chi connectivity index (χ2n) is 11.8. The highest BCUT2D eigenvalue weighted by molar-refractivity contribution is 6.02. The molecule has 5 atom stereocenters. The number of aromatic amines is 1. The Labute approximate surface area is 216 Å². The van der Waals surface area contributed by atoms with E-state index in [-0.39, 0.29) is 11.6 Å². The quantitative estimate of drug-likeness (QED) is 0.379. The fourth-order valence-electron chi connectivity index (χ4n) is 7.65. The van der Waals surface area contributed by atoms with Crippen molar-refractivity contribution in [1.82, 2.24) is 19.9 Å². The molecule has 5 aliphatic rings. The van der Waals surface area contributed by atoms with Crippen molar-refractivity contribution < 1.29 is 9.90 Å². The van der Waals surface area contributed by atoms with E-state index in [1.54, 1.807) is 6.20 Å². The number of aliphatic hydroxyl groups is 1. The minimum atomic E-state index is -0.180. The third-order valence-corrected chi connectivity index (χ3v) is 9.29. The van der Waals surface area contributed by atoms with E-state index in [4.69, 9.17) is 9.97 Å². The monoisotopic (exact) mass is 501 g/mol. The van der Waals surface area contributed by atoms with Crippen LogP contribution >= 0.6 is 0 Å². The van der Waals surface area contributed by atoms with Gasteiger partial charge in [-0.25, -0.2) is 0 Å². The minimum absolute atomic E-state index is 0.0874. The van der Waals surface area contributed by atoms with Crippen molar-refractivity contribution in [3.63, 3.8) is 0 Å². The van der Waals surface area contributed by atoms with Gasteiger partial charge in [0.15, 0.2) is 6.29 Å². The van der Waals surface area contributed by atoms with Gasteiger partial charge < -0.3 is 30.5 Å². The molecular formula is C28H35N7O2. The smallest absolute Gasteiger partial charge is 0.231 e. The number of carbonyl (C=O) groups is 1. The summed E-state index contributed by atoms with van der Waals surface area (Å²) in [6.07, 6.45) is 7.63. The van der Waals surface area contributed by atoms with E-state index < -0.39 is 0 Å². The van der Waals surface area contributed by atoms with Crippen LogP contribution in [0.4, 0.5) is 23.1 Å². The number of carbonyl (C=O) groups excluding carboxylic acids is 1. The summed E-state index contributed by atoms with van der Waals surface area (Å²) in [5, 5.41) is 18.6. The van der Waals surface area contributed by atoms with Gasteiger partial charge >= 0.3 is 0 Å². The highest BCUT2D eigenvalue weighted by atomic mass is 16.3. The molecule has 0 radical (unpaired) electrons. The summed E-state index contributed by atoms with van der Waals surface area (Å²) < 4.78 is 0. The zero-order chi connectivity index (χ0) is 25.1. The molecule has 4 bridgehead atoms. The lowest BCUT2D eigenvalue weighted by molar-refractivity contribution is -0.0961. The molecule has 9 nitrogen and oxygen atoms in total. The van der Waals surface area contributed by atoms with Gasteiger partial charge in [0.05, 0.1) is 11.5 Å². The summed E-state index contributed by atoms with van der Waals surface area (Å²) in [6.45, 7) is 4.22. The molecule has 9 heteroatoms. The summed E-state index contributed by atoms with van der Waals surface area (Å²) in [7, 11) is 2.17. The van der Waals surface area contributed by atoms with E-state index in [2.05, 4.69) is 56.7 Å². The molecule has 0 spiro atoms. The number of rotatable bonds is 6. The van der Waals surface area contributed by atoms with Gasteiger partial charge in [-0.2, -0.15) is 9.97 Å². The second-order valence-corrected chi connectivity index (χ2v) is 11.8. The van der Waals surface area contributed by atoms with Crippen molar-refractivity contribution in [3.05, 3.63) is 36.0 Å². The first kappa shape index (κ1) is 23.0. The van der Waals surface area contributed by atoms with Crippen molar-refractivity contribution in [3.8, 4) is 0 Å². The Morgan fingerprint density at radius 2 is 1.78 bits per heavy atom. The first-order valence-electron chi connectivity index (χ1n) is 13.6. The third-order valence-electron chi connectivity index (χ3n) is 9.29. The zero-order valence-corrected chi connectivity index (χ0v) is 21.3. The van der Waals surface area contributed by atoms with E-state index >= 15 is 0 Å². The van der Waals surface area contributed by atoms with Crippen molar-refractivity contribution in [2.75, 3.05) is 48.8 Å². The number of nitrogens with one attached hydrogen (secondary N) is 3. The standard InChI is InChI=1S/C28H35N7O2/c1-34-6-8-35(9-7-34)22-4-2-21(3-5-22)30-27-31-25-23(20(16-36)15-29-25)26(32-27)33-28-12-17-10-18(13-28)24(37)19(11-17)14-28/h2-5,15-19,24,37H,6-14H2,1H3,(H3,29,30,31,32,33)/t17?,18-,19+,24?,28?. The maximum atomic E-state index is 11.8. The number of fused-ring (bicyclic) bond motifs is 1. The third kappa shape index (κ3) is 4.05. The summed E-state index contributed by atoms with van der Waals surface area (Å²) in [4.78, 5) is 29.4. The second kappa shape index (κ2) is 8.70. The SMILES string of the molecule is CN1CCN(c2ccc(Nc3nc(NC45CC6C[C@H](C4)C(O)[C@@H](C6)C5)c4c(C=O)c[nH]c4n3)cc2)CC1. The number of anilines is 4. The van der Waals surface area contributed by atoms with Crippen molar-refractivity contribution >= 4 is 40.5 Å². The molecule has 3 heterocycles. The lowest BCUT2D eigenvalue weighted by Gasteiger charge is -2.59. The fourth-order valence-corrected chi connectivity index (χ4v) is 7.65. The van der Waals surface area contributed by atoms with Gasteiger partial charge in [0.2, 0.25) is 5.95 Å². The van der Waals surface area contributed by atoms with Crippen molar-refractivity contribution in [1.29, 1.82) is 0 Å². The molecule has 37 heavy (non-hydrogen) atoms. The largest absolute Gasteiger partial charge is 0.393 e. The van der Waals surface area contributed by atoms with Gasteiger partial charge in [0.25, 0.3) is 0 Å². The number of aliphatic hydroxyl groups excluding tert-OH is 1. The summed E-state index contributed by atoms with van der Waals surface area (Å²) in [5.41, 5.74) is 3.26. The summed E-state index contributed by atoms with van der Waals surface area (Å²) >= 11 is 0. The first-order chi connectivity index (χ1) is 18.0. The molecule has 2 aromatic heterocycles. The number of hydrogen-bond donors (Lipinski definition) is 4. The van der Waals surface area contributed by atoms with Crippen LogP contribution < -0.4 is 15.5 Å². The number of likely N-dealkylation sites (N-methyl/N-ethyl adjacent to an activating group) is 1. The highest BCUT2D eigenvalue weighted by Gasteiger charge is 2.55. The van der Waals surface area contributed by atoms with E-state index in [1.165, 1.54) is 5.69 Å². The van der Waals surface area contributed by atoms with E-state index in [0.717, 1.165) is 75.6 Å². The Bertz CT molecular complexity index is 1300. The molecular weight excluding hydrogens is 466 g/mol. The van der Waals surface area contributed by atoms with Crippen LogP contribution in [-0.4, -0.2) is 76.1 Å². The van der Waals surface area contributed by atoms with E-state index in [9.17, 15) is 9.90 Å². The Hall–Kier alpha value is -3.17. The molecule has 3 aromatic rings. The van der Waals surface area contributed by atoms with Crippen LogP contribution in [0.15, 0.2) is 30.5 Å². The predicted molar refractivity (Wildman–Crippen MR) is 145 cm³/mol. The van der Waals surface area contributed by atoms with Crippen molar-refractivity contribution in [2.45, 2.75) is 43.7 Å². The Morgan fingerprint density at radius 1 is 1.05 bits per heavy atom. The van der Waals surface area contributed by atoms with Gasteiger partial charge in [-0.3, -0.25) is 4.79 Å². The average molecular weight is 502 g/mol. The van der Waals surface area contributed by atoms with Crippen LogP contribution in [-0.2, 0) is 0 Å². The van der Waals surface area contributed by atoms with Crippen molar-refractivity contribution in [2.24, 2.45) is 17.8 Å². The fraction of sp³-hybridized carbons (Fsp3) is 0.536. The number of hydrogen-bond acceptors (Lipinski definition) is 8. The van der Waals surface area contributed by atoms with Crippen LogP contribution in [0, 0.1) is 17.8 Å². The van der Waals surface area contributed by atoms with Crippen LogP contribution in [0.2, 0.25) is 0 Å². The van der Waals surface area contributed by atoms with Crippen LogP contribution in [0.3, 0.4) is 0 Å². The molecule has 1 aromatic carbocycles. The predicted octanol–water partition coefficient (Wildman–Crippen LogP) is 3.62. The van der Waals surface area contributed by atoms with E-state index in [0.29, 0.717) is 40.7 Å². The van der Waals surface area contributed by atoms with Crippen LogP contribution in [0.25, 0.3) is 11.0 Å². The van der Waals surface area contributed by atoms with Gasteiger partial charge in [-0.1, -0.05) is 0 Å². The maximum Gasteiger partial charge on any atom is 0.231 e. The summed E-state index contributed by atoms with van der Waals surface area (Å²) in [5.74, 6) is 2.54. The average Bonchev–Trinajstić information content (AvgIpc) is 3.31. The van der Waals surface area contributed by atoms with Gasteiger partial charge in [-0.05, 0) is 81.2 Å². The Kier molecular flexibility index (Phi) is 5.40. The number of aromatic nitrogens is 3. The molecule has 4 N–H and O–H groups in total. The zero-order valence-electron chi connectivity index (χ0n) is 21.3. The Morgan fingerprint density at radius 3 is 2.49 bits per heavy atom. The molecule has 8 rings (SSSR count). The Balaban J connectivity index is 1.17. The number of H-pyrrole nitrogens is 1. The number of piperazine rings is 1. The van der Waals surface area contributed by atoms with Gasteiger partial charge in [0.1, 0.15) is 11.5 Å². The molecule has 4 aliphatic carbocycles. The number of aldehydes is 1. The molecule has 194 valence electrons. The topological polar surface area (TPSA) is 109 Å². The normalized spacial score (nSPS) is 31.1. The lowest BCUT2D eigenvalue weighted by Crippen LogP contribution is -2.60. The molecule has 0 amide bonds.